The smallest absolute Gasteiger partial charge is 0.257 e. The largest absolute Gasteiger partial charge is 0.384 e. The average molecular weight is 297 g/mol. The van der Waals surface area contributed by atoms with E-state index in [-0.39, 0.29) is 5.78 Å². The summed E-state index contributed by atoms with van der Waals surface area (Å²) in [5.74, 6) is 1.01. The highest BCUT2D eigenvalue weighted by atomic mass is 16.5. The normalized spacial score (nSPS) is 10.8. The SMILES string of the molecule is COCCc1noc(-c2ccc(C(=O)c3cc[nH]c3)cc2)n1. The Balaban J connectivity index is 1.76. The van der Waals surface area contributed by atoms with E-state index in [2.05, 4.69) is 15.1 Å². The van der Waals surface area contributed by atoms with E-state index in [0.717, 1.165) is 5.56 Å². The minimum Gasteiger partial charge on any atom is -0.384 e. The van der Waals surface area contributed by atoms with Crippen molar-refractivity contribution < 1.29 is 14.1 Å². The van der Waals surface area contributed by atoms with Crippen LogP contribution in [0.25, 0.3) is 11.5 Å². The van der Waals surface area contributed by atoms with Gasteiger partial charge in [-0.05, 0) is 18.2 Å². The number of aromatic nitrogens is 3. The Labute approximate surface area is 127 Å². The van der Waals surface area contributed by atoms with Gasteiger partial charge in [0.15, 0.2) is 11.6 Å². The fourth-order valence-corrected chi connectivity index (χ4v) is 2.06. The predicted molar refractivity (Wildman–Crippen MR) is 79.5 cm³/mol. The highest BCUT2D eigenvalue weighted by Gasteiger charge is 2.12. The summed E-state index contributed by atoms with van der Waals surface area (Å²) in [6, 6.07) is 8.85. The molecule has 6 heteroatoms. The van der Waals surface area contributed by atoms with Crippen LogP contribution in [0.3, 0.4) is 0 Å². The Bertz CT molecular complexity index is 745. The van der Waals surface area contributed by atoms with Crippen LogP contribution in [0.4, 0.5) is 0 Å². The third-order valence-electron chi connectivity index (χ3n) is 3.25. The van der Waals surface area contributed by atoms with Crippen molar-refractivity contribution in [3.05, 3.63) is 59.7 Å². The Hall–Kier alpha value is -2.73. The van der Waals surface area contributed by atoms with Crippen molar-refractivity contribution >= 4 is 5.78 Å². The van der Waals surface area contributed by atoms with E-state index in [9.17, 15) is 4.79 Å². The van der Waals surface area contributed by atoms with Crippen LogP contribution in [0.2, 0.25) is 0 Å². The lowest BCUT2D eigenvalue weighted by atomic mass is 10.0. The van der Waals surface area contributed by atoms with Crippen LogP contribution >= 0.6 is 0 Å². The van der Waals surface area contributed by atoms with Crippen molar-refractivity contribution in [3.8, 4) is 11.5 Å². The quantitative estimate of drug-likeness (QED) is 0.707. The van der Waals surface area contributed by atoms with Crippen LogP contribution in [0.5, 0.6) is 0 Å². The van der Waals surface area contributed by atoms with Gasteiger partial charge in [0.1, 0.15) is 0 Å². The summed E-state index contributed by atoms with van der Waals surface area (Å²) in [7, 11) is 1.63. The molecular weight excluding hydrogens is 282 g/mol. The van der Waals surface area contributed by atoms with E-state index in [4.69, 9.17) is 9.26 Å². The number of rotatable bonds is 6. The van der Waals surface area contributed by atoms with Crippen molar-refractivity contribution in [3.63, 3.8) is 0 Å². The second-order valence-electron chi connectivity index (χ2n) is 4.76. The maximum absolute atomic E-state index is 12.2. The summed E-state index contributed by atoms with van der Waals surface area (Å²) < 4.78 is 10.2. The Morgan fingerprint density at radius 3 is 2.73 bits per heavy atom. The highest BCUT2D eigenvalue weighted by molar-refractivity contribution is 6.09. The number of nitrogens with one attached hydrogen (secondary N) is 1. The number of H-pyrrole nitrogens is 1. The molecule has 0 unspecified atom stereocenters. The molecule has 0 spiro atoms. The number of methoxy groups -OCH3 is 1. The number of hydrogen-bond acceptors (Lipinski definition) is 5. The summed E-state index contributed by atoms with van der Waals surface area (Å²) in [4.78, 5) is 19.4. The zero-order valence-corrected chi connectivity index (χ0v) is 12.1. The number of ketones is 1. The second kappa shape index (κ2) is 6.36. The topological polar surface area (TPSA) is 81.0 Å². The van der Waals surface area contributed by atoms with E-state index in [0.29, 0.717) is 35.9 Å². The van der Waals surface area contributed by atoms with Crippen molar-refractivity contribution in [2.75, 3.05) is 13.7 Å². The van der Waals surface area contributed by atoms with Crippen LogP contribution in [-0.2, 0) is 11.2 Å². The van der Waals surface area contributed by atoms with Crippen LogP contribution in [0.15, 0.2) is 47.2 Å². The summed E-state index contributed by atoms with van der Waals surface area (Å²) >= 11 is 0. The molecule has 2 heterocycles. The third kappa shape index (κ3) is 2.96. The minimum atomic E-state index is -0.0286. The molecule has 2 aromatic heterocycles. The van der Waals surface area contributed by atoms with Gasteiger partial charge in [-0.25, -0.2) is 0 Å². The van der Waals surface area contributed by atoms with Gasteiger partial charge < -0.3 is 14.2 Å². The molecule has 1 aromatic carbocycles. The van der Waals surface area contributed by atoms with Crippen molar-refractivity contribution in [1.29, 1.82) is 0 Å². The van der Waals surface area contributed by atoms with E-state index in [1.165, 1.54) is 0 Å². The molecule has 0 amide bonds. The molecule has 0 saturated carbocycles. The zero-order valence-electron chi connectivity index (χ0n) is 12.1. The lowest BCUT2D eigenvalue weighted by molar-refractivity contribution is 0.103. The molecule has 0 aliphatic carbocycles. The monoisotopic (exact) mass is 297 g/mol. The molecule has 112 valence electrons. The van der Waals surface area contributed by atoms with Gasteiger partial charge in [-0.2, -0.15) is 4.98 Å². The number of nitrogens with zero attached hydrogens (tertiary/aromatic N) is 2. The summed E-state index contributed by atoms with van der Waals surface area (Å²) in [5, 5.41) is 3.89. The first-order chi connectivity index (χ1) is 10.8. The lowest BCUT2D eigenvalue weighted by Gasteiger charge is -1.99. The summed E-state index contributed by atoms with van der Waals surface area (Å²) in [6.45, 7) is 0.545. The van der Waals surface area contributed by atoms with Gasteiger partial charge in [0, 0.05) is 42.6 Å². The number of aromatic amines is 1. The number of carbonyl (C=O) groups is 1. The van der Waals surface area contributed by atoms with Gasteiger partial charge >= 0.3 is 0 Å². The van der Waals surface area contributed by atoms with Crippen LogP contribution in [-0.4, -0.2) is 34.6 Å². The molecule has 0 radical (unpaired) electrons. The number of ether oxygens (including phenoxy) is 1. The average Bonchev–Trinajstić information content (AvgIpc) is 3.24. The maximum atomic E-state index is 12.2. The molecule has 0 saturated heterocycles. The first-order valence-corrected chi connectivity index (χ1v) is 6.87. The van der Waals surface area contributed by atoms with Gasteiger partial charge in [0.05, 0.1) is 6.61 Å². The number of carbonyl (C=O) groups excluding carboxylic acids is 1. The molecule has 1 N–H and O–H groups in total. The fourth-order valence-electron chi connectivity index (χ4n) is 2.06. The van der Waals surface area contributed by atoms with Crippen molar-refractivity contribution in [2.45, 2.75) is 6.42 Å². The van der Waals surface area contributed by atoms with Gasteiger partial charge in [-0.1, -0.05) is 17.3 Å². The molecular formula is C16H15N3O3. The van der Waals surface area contributed by atoms with E-state index in [1.54, 1.807) is 49.8 Å². The van der Waals surface area contributed by atoms with Gasteiger partial charge in [0.2, 0.25) is 0 Å². The maximum Gasteiger partial charge on any atom is 0.257 e. The standard InChI is InChI=1S/C16H15N3O3/c1-21-9-7-14-18-16(22-19-14)12-4-2-11(3-5-12)15(20)13-6-8-17-10-13/h2-6,8,10,17H,7,9H2,1H3. The van der Waals surface area contributed by atoms with Crippen LogP contribution in [0, 0.1) is 0 Å². The first kappa shape index (κ1) is 14.2. The van der Waals surface area contributed by atoms with E-state index < -0.39 is 0 Å². The molecule has 22 heavy (non-hydrogen) atoms. The van der Waals surface area contributed by atoms with Gasteiger partial charge in [-0.15, -0.1) is 0 Å². The second-order valence-corrected chi connectivity index (χ2v) is 4.76. The Kier molecular flexibility index (Phi) is 4.11. The van der Waals surface area contributed by atoms with Gasteiger partial charge in [-0.3, -0.25) is 4.79 Å². The van der Waals surface area contributed by atoms with E-state index >= 15 is 0 Å². The predicted octanol–water partition coefficient (Wildman–Crippen LogP) is 2.48. The fraction of sp³-hybridized carbons (Fsp3) is 0.188. The molecule has 0 aliphatic rings. The van der Waals surface area contributed by atoms with Crippen LogP contribution < -0.4 is 0 Å². The number of benzene rings is 1. The number of hydrogen-bond donors (Lipinski definition) is 1. The Morgan fingerprint density at radius 2 is 2.05 bits per heavy atom. The summed E-state index contributed by atoms with van der Waals surface area (Å²) in [5.41, 5.74) is 2.02. The molecule has 0 aliphatic heterocycles. The highest BCUT2D eigenvalue weighted by Crippen LogP contribution is 2.19. The molecule has 6 nitrogen and oxygen atoms in total. The molecule has 0 fully saturated rings. The van der Waals surface area contributed by atoms with Crippen molar-refractivity contribution in [1.82, 2.24) is 15.1 Å². The third-order valence-corrected chi connectivity index (χ3v) is 3.25. The Morgan fingerprint density at radius 1 is 1.23 bits per heavy atom. The van der Waals surface area contributed by atoms with Crippen molar-refractivity contribution in [2.24, 2.45) is 0 Å². The first-order valence-electron chi connectivity index (χ1n) is 6.87. The lowest BCUT2D eigenvalue weighted by Crippen LogP contribution is -1.99. The molecule has 3 rings (SSSR count). The minimum absolute atomic E-state index is 0.0286. The zero-order chi connectivity index (χ0) is 15.4. The summed E-state index contributed by atoms with van der Waals surface area (Å²) in [6.07, 6.45) is 4.00. The van der Waals surface area contributed by atoms with Gasteiger partial charge in [0.25, 0.3) is 5.89 Å². The van der Waals surface area contributed by atoms with E-state index in [1.807, 2.05) is 0 Å². The molecule has 3 aromatic rings. The molecule has 0 atom stereocenters. The molecule has 0 bridgehead atoms. The van der Waals surface area contributed by atoms with Crippen LogP contribution in [0.1, 0.15) is 21.7 Å².